The third-order valence-electron chi connectivity index (χ3n) is 3.38. The summed E-state index contributed by atoms with van der Waals surface area (Å²) in [7, 11) is 0. The number of ether oxygens (including phenoxy) is 4. The van der Waals surface area contributed by atoms with Gasteiger partial charge in [-0.1, -0.05) is 0 Å². The summed E-state index contributed by atoms with van der Waals surface area (Å²) in [6, 6.07) is 0. The van der Waals surface area contributed by atoms with Gasteiger partial charge in [0.1, 0.15) is 17.0 Å². The van der Waals surface area contributed by atoms with Crippen LogP contribution in [0.15, 0.2) is 0 Å². The second kappa shape index (κ2) is 15.0. The van der Waals surface area contributed by atoms with Gasteiger partial charge in [-0.3, -0.25) is 9.69 Å². The number of amides is 2. The van der Waals surface area contributed by atoms with Crippen LogP contribution in [-0.4, -0.2) is 93.2 Å². The molecule has 0 rings (SSSR count). The van der Waals surface area contributed by atoms with Crippen molar-refractivity contribution in [2.75, 3.05) is 59.2 Å². The fourth-order valence-electron chi connectivity index (χ4n) is 2.26. The summed E-state index contributed by atoms with van der Waals surface area (Å²) in [6.45, 7) is 16.0. The summed E-state index contributed by atoms with van der Waals surface area (Å²) in [5.74, 6) is 0.0539. The molecule has 0 fully saturated rings. The minimum atomic E-state index is -0.536. The van der Waals surface area contributed by atoms with Crippen LogP contribution in [0.4, 0.5) is 9.59 Å². The Labute approximate surface area is 186 Å². The second-order valence-electron chi connectivity index (χ2n) is 9.06. The monoisotopic (exact) mass is 447 g/mol. The Balaban J connectivity index is 3.91. The largest absolute Gasteiger partial charge is 0.444 e. The first kappa shape index (κ1) is 29.1. The lowest BCUT2D eigenvalue weighted by atomic mass is 10.2. The molecule has 2 amide bonds. The molecular formula is C21H41N3O7. The molecule has 0 aromatic carbocycles. The van der Waals surface area contributed by atoms with Crippen molar-refractivity contribution in [3.63, 3.8) is 0 Å². The van der Waals surface area contributed by atoms with Crippen molar-refractivity contribution in [2.45, 2.75) is 59.7 Å². The standard InChI is InChI=1S/C21H41N3O7/c1-17(25)16-24(10-14-28-12-8-22-18(26)30-20(2,3)4)11-15-29-13-9-23-19(27)31-21(5,6)7/h8-16H2,1-7H3,(H,22,26)(H,23,27). The van der Waals surface area contributed by atoms with Crippen LogP contribution in [0.5, 0.6) is 0 Å². The fraction of sp³-hybridized carbons (Fsp3) is 0.857. The number of carbonyl (C=O) groups excluding carboxylic acids is 3. The van der Waals surface area contributed by atoms with Gasteiger partial charge < -0.3 is 29.6 Å². The van der Waals surface area contributed by atoms with Crippen LogP contribution in [0.25, 0.3) is 0 Å². The van der Waals surface area contributed by atoms with Gasteiger partial charge in [0.05, 0.1) is 33.0 Å². The van der Waals surface area contributed by atoms with E-state index in [0.717, 1.165) is 0 Å². The van der Waals surface area contributed by atoms with Crippen LogP contribution in [0.3, 0.4) is 0 Å². The molecule has 0 atom stereocenters. The van der Waals surface area contributed by atoms with E-state index in [1.54, 1.807) is 41.5 Å². The van der Waals surface area contributed by atoms with E-state index in [0.29, 0.717) is 59.2 Å². The molecular weight excluding hydrogens is 406 g/mol. The van der Waals surface area contributed by atoms with Crippen LogP contribution in [0.1, 0.15) is 48.5 Å². The smallest absolute Gasteiger partial charge is 0.407 e. The average molecular weight is 448 g/mol. The Morgan fingerprint density at radius 2 is 1.10 bits per heavy atom. The van der Waals surface area contributed by atoms with Crippen molar-refractivity contribution < 1.29 is 33.3 Å². The molecule has 0 heterocycles. The zero-order chi connectivity index (χ0) is 23.9. The molecule has 10 heteroatoms. The molecule has 0 aromatic rings. The predicted molar refractivity (Wildman–Crippen MR) is 117 cm³/mol. The van der Waals surface area contributed by atoms with Gasteiger partial charge >= 0.3 is 12.2 Å². The van der Waals surface area contributed by atoms with Gasteiger partial charge in [-0.25, -0.2) is 9.59 Å². The Kier molecular flexibility index (Phi) is 14.1. The van der Waals surface area contributed by atoms with E-state index in [1.807, 2.05) is 4.90 Å². The molecule has 2 N–H and O–H groups in total. The number of hydrogen-bond acceptors (Lipinski definition) is 8. The van der Waals surface area contributed by atoms with E-state index >= 15 is 0 Å². The normalized spacial score (nSPS) is 11.9. The molecule has 0 radical (unpaired) electrons. The summed E-state index contributed by atoms with van der Waals surface area (Å²) in [4.78, 5) is 36.5. The maximum atomic E-state index is 11.5. The number of Topliss-reactive ketones (excluding diaryl/α,β-unsaturated/α-hetero) is 1. The molecule has 0 aliphatic carbocycles. The van der Waals surface area contributed by atoms with Crippen molar-refractivity contribution in [2.24, 2.45) is 0 Å². The van der Waals surface area contributed by atoms with Crippen molar-refractivity contribution in [1.29, 1.82) is 0 Å². The minimum Gasteiger partial charge on any atom is -0.444 e. The summed E-state index contributed by atoms with van der Waals surface area (Å²) in [5.41, 5.74) is -1.07. The van der Waals surface area contributed by atoms with Gasteiger partial charge in [-0.05, 0) is 48.5 Å². The van der Waals surface area contributed by atoms with E-state index in [2.05, 4.69) is 10.6 Å². The van der Waals surface area contributed by atoms with Gasteiger partial charge in [-0.2, -0.15) is 0 Å². The summed E-state index contributed by atoms with van der Waals surface area (Å²) >= 11 is 0. The van der Waals surface area contributed by atoms with Crippen LogP contribution >= 0.6 is 0 Å². The van der Waals surface area contributed by atoms with Crippen molar-refractivity contribution in [3.05, 3.63) is 0 Å². The third-order valence-corrected chi connectivity index (χ3v) is 3.38. The zero-order valence-corrected chi connectivity index (χ0v) is 20.2. The molecule has 0 aromatic heterocycles. The van der Waals surface area contributed by atoms with Crippen LogP contribution < -0.4 is 10.6 Å². The first-order valence-electron chi connectivity index (χ1n) is 10.6. The lowest BCUT2D eigenvalue weighted by Gasteiger charge is -2.21. The van der Waals surface area contributed by atoms with E-state index in [9.17, 15) is 14.4 Å². The zero-order valence-electron chi connectivity index (χ0n) is 20.2. The topological polar surface area (TPSA) is 115 Å². The second-order valence-corrected chi connectivity index (χ2v) is 9.06. The lowest BCUT2D eigenvalue weighted by Crippen LogP contribution is -2.37. The molecule has 0 saturated carbocycles. The molecule has 0 bridgehead atoms. The number of rotatable bonds is 14. The molecule has 0 spiro atoms. The van der Waals surface area contributed by atoms with Gasteiger partial charge in [0, 0.05) is 26.2 Å². The molecule has 31 heavy (non-hydrogen) atoms. The predicted octanol–water partition coefficient (Wildman–Crippen LogP) is 1.96. The number of hydrogen-bond donors (Lipinski definition) is 2. The number of nitrogens with one attached hydrogen (secondary N) is 2. The fourth-order valence-corrected chi connectivity index (χ4v) is 2.26. The maximum Gasteiger partial charge on any atom is 0.407 e. The minimum absolute atomic E-state index is 0.0539. The van der Waals surface area contributed by atoms with Gasteiger partial charge in [0.25, 0.3) is 0 Å². The summed E-state index contributed by atoms with van der Waals surface area (Å²) in [6.07, 6.45) is -0.958. The highest BCUT2D eigenvalue weighted by molar-refractivity contribution is 5.77. The van der Waals surface area contributed by atoms with Crippen molar-refractivity contribution >= 4 is 18.0 Å². The van der Waals surface area contributed by atoms with Crippen LogP contribution in [0.2, 0.25) is 0 Å². The number of carbonyl (C=O) groups is 3. The Morgan fingerprint density at radius 3 is 1.42 bits per heavy atom. The highest BCUT2D eigenvalue weighted by Crippen LogP contribution is 2.06. The quantitative estimate of drug-likeness (QED) is 0.388. The lowest BCUT2D eigenvalue weighted by molar-refractivity contribution is -0.118. The Hall–Kier alpha value is -1.91. The summed E-state index contributed by atoms with van der Waals surface area (Å²) in [5, 5.41) is 5.24. The highest BCUT2D eigenvalue weighted by atomic mass is 16.6. The first-order chi connectivity index (χ1) is 14.3. The van der Waals surface area contributed by atoms with Gasteiger partial charge in [0.2, 0.25) is 0 Å². The van der Waals surface area contributed by atoms with Gasteiger partial charge in [0.15, 0.2) is 0 Å². The number of alkyl carbamates (subject to hydrolysis) is 2. The molecule has 0 aliphatic heterocycles. The van der Waals surface area contributed by atoms with Crippen molar-refractivity contribution in [3.8, 4) is 0 Å². The molecule has 0 aliphatic rings. The Bertz CT molecular complexity index is 502. The number of ketones is 1. The van der Waals surface area contributed by atoms with Crippen LogP contribution in [-0.2, 0) is 23.7 Å². The highest BCUT2D eigenvalue weighted by Gasteiger charge is 2.16. The van der Waals surface area contributed by atoms with E-state index in [4.69, 9.17) is 18.9 Å². The van der Waals surface area contributed by atoms with Gasteiger partial charge in [-0.15, -0.1) is 0 Å². The molecule has 182 valence electrons. The Morgan fingerprint density at radius 1 is 0.710 bits per heavy atom. The van der Waals surface area contributed by atoms with E-state index < -0.39 is 23.4 Å². The van der Waals surface area contributed by atoms with Crippen LogP contribution in [0, 0.1) is 0 Å². The maximum absolute atomic E-state index is 11.5. The number of nitrogens with zero attached hydrogens (tertiary/aromatic N) is 1. The first-order valence-corrected chi connectivity index (χ1v) is 10.6. The SMILES string of the molecule is CC(=O)CN(CCOCCNC(=O)OC(C)(C)C)CCOCCNC(=O)OC(C)(C)C. The molecule has 0 saturated heterocycles. The van der Waals surface area contributed by atoms with E-state index in [1.165, 1.54) is 6.92 Å². The molecule has 0 unspecified atom stereocenters. The van der Waals surface area contributed by atoms with E-state index in [-0.39, 0.29) is 5.78 Å². The van der Waals surface area contributed by atoms with Crippen molar-refractivity contribution in [1.82, 2.24) is 15.5 Å². The molecule has 10 nitrogen and oxygen atoms in total. The average Bonchev–Trinajstić information content (AvgIpc) is 2.56. The third kappa shape index (κ3) is 21.1. The summed E-state index contributed by atoms with van der Waals surface area (Å²) < 4.78 is 21.3.